The lowest BCUT2D eigenvalue weighted by Gasteiger charge is -2.11. The number of aromatic nitrogens is 3. The molecule has 0 saturated carbocycles. The largest absolute Gasteiger partial charge is 0.392 e. The number of pyridine rings is 1. The van der Waals surface area contributed by atoms with Crippen molar-refractivity contribution in [3.05, 3.63) is 66.3 Å². The molecule has 0 spiro atoms. The molecule has 2 heterocycles. The van der Waals surface area contributed by atoms with Gasteiger partial charge in [-0.3, -0.25) is 0 Å². The van der Waals surface area contributed by atoms with Crippen LogP contribution >= 0.6 is 0 Å². The zero-order chi connectivity index (χ0) is 22.6. The van der Waals surface area contributed by atoms with Crippen LogP contribution in [0.5, 0.6) is 0 Å². The maximum absolute atomic E-state index is 13.8. The monoisotopic (exact) mass is 434 g/mol. The number of carbonyl (C=O) groups excluding carboxylic acids is 1. The zero-order valence-electron chi connectivity index (χ0n) is 16.2. The number of nitrogens with two attached hydrogens (primary N) is 1. The number of carbonyl (C=O) groups is 1. The number of hydrogen-bond donors (Lipinski definition) is 3. The number of halogens is 4. The minimum absolute atomic E-state index is 0.265. The van der Waals surface area contributed by atoms with Crippen LogP contribution in [0.1, 0.15) is 13.3 Å². The summed E-state index contributed by atoms with van der Waals surface area (Å²) in [6.07, 6.45) is -2.67. The molecule has 0 aliphatic heterocycles. The number of benzene rings is 1. The van der Waals surface area contributed by atoms with Crippen molar-refractivity contribution in [1.82, 2.24) is 20.1 Å². The summed E-state index contributed by atoms with van der Waals surface area (Å²) in [7, 11) is 0. The summed E-state index contributed by atoms with van der Waals surface area (Å²) >= 11 is 0. The molecule has 3 rings (SSSR count). The van der Waals surface area contributed by atoms with Crippen molar-refractivity contribution >= 4 is 23.1 Å². The third kappa shape index (κ3) is 5.38. The summed E-state index contributed by atoms with van der Waals surface area (Å²) in [5, 5.41) is 12.3. The van der Waals surface area contributed by atoms with Crippen LogP contribution in [0.3, 0.4) is 0 Å². The number of nitrogen functional groups attached to an aromatic ring is 1. The topological polar surface area (TPSA) is 97.3 Å². The highest BCUT2D eigenvalue weighted by atomic mass is 19.4. The van der Waals surface area contributed by atoms with Crippen molar-refractivity contribution in [3.63, 3.8) is 0 Å². The molecule has 0 radical (unpaired) electrons. The highest BCUT2D eigenvalue weighted by Crippen LogP contribution is 2.28. The van der Waals surface area contributed by atoms with Gasteiger partial charge in [0, 0.05) is 17.4 Å². The summed E-state index contributed by atoms with van der Waals surface area (Å²) < 4.78 is 52.6. The molecule has 0 aliphatic carbocycles. The molecule has 0 aliphatic rings. The standard InChI is InChI=1S/C20H18F4N6O/c1-2-15(21)16(9-10-20(22,23)24)27-19(31)26-13-7-5-12(6-8-13)14-4-3-11-30-17(14)18(25)28-29-30/h2-9,11H,10,25H2,1H3,(H2,26,27,31). The number of nitrogens with zero attached hydrogens (tertiary/aromatic N) is 3. The minimum atomic E-state index is -4.52. The first-order valence-electron chi connectivity index (χ1n) is 9.05. The fourth-order valence-corrected chi connectivity index (χ4v) is 2.80. The number of anilines is 2. The summed E-state index contributed by atoms with van der Waals surface area (Å²) in [4.78, 5) is 12.1. The first-order valence-corrected chi connectivity index (χ1v) is 9.05. The molecular weight excluding hydrogens is 416 g/mol. The molecular formula is C20H18F4N6O. The maximum Gasteiger partial charge on any atom is 0.392 e. The smallest absolute Gasteiger partial charge is 0.380 e. The zero-order valence-corrected chi connectivity index (χ0v) is 16.2. The molecule has 0 saturated heterocycles. The minimum Gasteiger partial charge on any atom is -0.380 e. The Morgan fingerprint density at radius 1 is 1.23 bits per heavy atom. The molecule has 0 atom stereocenters. The lowest BCUT2D eigenvalue weighted by molar-refractivity contribution is -0.125. The summed E-state index contributed by atoms with van der Waals surface area (Å²) in [5.74, 6) is -0.712. The number of nitrogens with one attached hydrogen (secondary N) is 2. The van der Waals surface area contributed by atoms with Crippen molar-refractivity contribution < 1.29 is 22.4 Å². The van der Waals surface area contributed by atoms with Crippen LogP contribution in [-0.4, -0.2) is 27.0 Å². The van der Waals surface area contributed by atoms with E-state index in [1.807, 2.05) is 6.07 Å². The Hall–Kier alpha value is -3.89. The highest BCUT2D eigenvalue weighted by Gasteiger charge is 2.26. The molecule has 11 heteroatoms. The van der Waals surface area contributed by atoms with Gasteiger partial charge in [0.1, 0.15) is 11.3 Å². The van der Waals surface area contributed by atoms with E-state index in [1.54, 1.807) is 36.5 Å². The van der Waals surface area contributed by atoms with Gasteiger partial charge in [-0.25, -0.2) is 13.7 Å². The first-order chi connectivity index (χ1) is 14.7. The van der Waals surface area contributed by atoms with Crippen molar-refractivity contribution in [2.75, 3.05) is 11.1 Å². The Morgan fingerprint density at radius 3 is 2.58 bits per heavy atom. The third-order valence-electron chi connectivity index (χ3n) is 4.22. The number of urea groups is 1. The van der Waals surface area contributed by atoms with Crippen molar-refractivity contribution in [3.8, 4) is 11.1 Å². The quantitative estimate of drug-likeness (QED) is 0.397. The van der Waals surface area contributed by atoms with E-state index in [1.165, 1.54) is 11.4 Å². The van der Waals surface area contributed by atoms with E-state index in [9.17, 15) is 22.4 Å². The predicted octanol–water partition coefficient (Wildman–Crippen LogP) is 4.81. The van der Waals surface area contributed by atoms with Crippen LogP contribution in [0.2, 0.25) is 0 Å². The van der Waals surface area contributed by atoms with Crippen molar-refractivity contribution in [2.24, 2.45) is 0 Å². The number of amides is 2. The van der Waals surface area contributed by atoms with Gasteiger partial charge in [-0.2, -0.15) is 13.2 Å². The van der Waals surface area contributed by atoms with Gasteiger partial charge in [0.25, 0.3) is 0 Å². The fraction of sp³-hybridized carbons (Fsp3) is 0.150. The molecule has 31 heavy (non-hydrogen) atoms. The Labute approximate surface area is 174 Å². The number of allylic oxidation sites excluding steroid dienone is 3. The number of alkyl halides is 3. The molecule has 0 bridgehead atoms. The number of hydrogen-bond acceptors (Lipinski definition) is 4. The average molecular weight is 434 g/mol. The van der Waals surface area contributed by atoms with Gasteiger partial charge in [-0.1, -0.05) is 23.4 Å². The molecule has 4 N–H and O–H groups in total. The Balaban J connectivity index is 1.74. The van der Waals surface area contributed by atoms with E-state index in [0.29, 0.717) is 17.3 Å². The number of rotatable bonds is 5. The van der Waals surface area contributed by atoms with E-state index >= 15 is 0 Å². The summed E-state index contributed by atoms with van der Waals surface area (Å²) in [6.45, 7) is 1.30. The SMILES string of the molecule is CC=C(F)C(=CCC(F)(F)F)NC(=O)Nc1ccc(-c2cccn3nnc(N)c23)cc1. The first kappa shape index (κ1) is 21.8. The summed E-state index contributed by atoms with van der Waals surface area (Å²) in [5.41, 5.74) is 7.83. The average Bonchev–Trinajstić information content (AvgIpc) is 3.11. The van der Waals surface area contributed by atoms with Gasteiger partial charge < -0.3 is 16.4 Å². The lowest BCUT2D eigenvalue weighted by atomic mass is 10.1. The van der Waals surface area contributed by atoms with Crippen LogP contribution < -0.4 is 16.4 Å². The van der Waals surface area contributed by atoms with Gasteiger partial charge in [0.2, 0.25) is 0 Å². The van der Waals surface area contributed by atoms with E-state index in [0.717, 1.165) is 17.2 Å². The Kier molecular flexibility index (Phi) is 6.23. The van der Waals surface area contributed by atoms with Crippen LogP contribution in [0.4, 0.5) is 33.9 Å². The molecule has 1 aromatic carbocycles. The van der Waals surface area contributed by atoms with E-state index < -0.39 is 30.2 Å². The van der Waals surface area contributed by atoms with Gasteiger partial charge in [-0.05, 0) is 42.8 Å². The van der Waals surface area contributed by atoms with Crippen LogP contribution in [0.25, 0.3) is 16.6 Å². The van der Waals surface area contributed by atoms with Gasteiger partial charge in [0.15, 0.2) is 5.82 Å². The van der Waals surface area contributed by atoms with Crippen LogP contribution in [0, 0.1) is 0 Å². The number of fused-ring (bicyclic) bond motifs is 1. The van der Waals surface area contributed by atoms with E-state index in [-0.39, 0.29) is 5.82 Å². The second-order valence-corrected chi connectivity index (χ2v) is 6.42. The predicted molar refractivity (Wildman–Crippen MR) is 109 cm³/mol. The second-order valence-electron chi connectivity index (χ2n) is 6.42. The molecule has 0 fully saturated rings. The lowest BCUT2D eigenvalue weighted by Crippen LogP contribution is -2.28. The fourth-order valence-electron chi connectivity index (χ4n) is 2.80. The Morgan fingerprint density at radius 2 is 1.94 bits per heavy atom. The second kappa shape index (κ2) is 8.86. The maximum atomic E-state index is 13.8. The van der Waals surface area contributed by atoms with Gasteiger partial charge in [-0.15, -0.1) is 5.10 Å². The summed E-state index contributed by atoms with van der Waals surface area (Å²) in [6, 6.07) is 9.33. The van der Waals surface area contributed by atoms with E-state index in [4.69, 9.17) is 5.73 Å². The van der Waals surface area contributed by atoms with E-state index in [2.05, 4.69) is 20.9 Å². The molecule has 0 unspecified atom stereocenters. The Bertz CT molecular complexity index is 1150. The van der Waals surface area contributed by atoms with Crippen LogP contribution in [-0.2, 0) is 0 Å². The third-order valence-corrected chi connectivity index (χ3v) is 4.22. The van der Waals surface area contributed by atoms with Crippen molar-refractivity contribution in [1.29, 1.82) is 0 Å². The van der Waals surface area contributed by atoms with Gasteiger partial charge in [0.05, 0.1) is 12.1 Å². The van der Waals surface area contributed by atoms with Crippen LogP contribution in [0.15, 0.2) is 66.3 Å². The highest BCUT2D eigenvalue weighted by molar-refractivity contribution is 5.92. The van der Waals surface area contributed by atoms with Crippen molar-refractivity contribution in [2.45, 2.75) is 19.5 Å². The molecule has 2 aromatic heterocycles. The normalized spacial score (nSPS) is 12.8. The molecule has 7 nitrogen and oxygen atoms in total. The molecule has 3 aromatic rings. The molecule has 2 amide bonds. The van der Waals surface area contributed by atoms with Gasteiger partial charge >= 0.3 is 12.2 Å². The molecule has 162 valence electrons.